The van der Waals surface area contributed by atoms with Crippen molar-refractivity contribution in [1.29, 1.82) is 0 Å². The molecule has 8 aromatic carbocycles. The van der Waals surface area contributed by atoms with Gasteiger partial charge >= 0.3 is 0 Å². The molecular weight excluding hydrogens is 683 g/mol. The van der Waals surface area contributed by atoms with Crippen molar-refractivity contribution in [3.8, 4) is 17.1 Å². The topological polar surface area (TPSA) is 22.3 Å². The minimum atomic E-state index is -0.0912. The number of fused-ring (bicyclic) bond motifs is 10. The van der Waals surface area contributed by atoms with Gasteiger partial charge in [-0.05, 0) is 102 Å². The molecule has 12 rings (SSSR count). The lowest BCUT2D eigenvalue weighted by Gasteiger charge is -2.30. The van der Waals surface area contributed by atoms with Gasteiger partial charge in [0.25, 0.3) is 0 Å². The molecule has 1 aliphatic carbocycles. The minimum absolute atomic E-state index is 0.0912. The van der Waals surface area contributed by atoms with Crippen molar-refractivity contribution in [2.75, 3.05) is 4.90 Å². The summed E-state index contributed by atoms with van der Waals surface area (Å²) in [4.78, 5) is 2.42. The second kappa shape index (κ2) is 12.1. The van der Waals surface area contributed by atoms with Crippen LogP contribution in [-0.4, -0.2) is 15.2 Å². The molecule has 0 fully saturated rings. The van der Waals surface area contributed by atoms with Crippen LogP contribution in [0.25, 0.3) is 65.8 Å². The van der Waals surface area contributed by atoms with Crippen LogP contribution in [0.15, 0.2) is 206 Å². The number of ether oxygens (including phenoxy) is 1. The van der Waals surface area contributed by atoms with E-state index in [1.807, 2.05) is 0 Å². The van der Waals surface area contributed by atoms with E-state index in [0.717, 1.165) is 39.7 Å². The molecule has 3 heterocycles. The van der Waals surface area contributed by atoms with Gasteiger partial charge < -0.3 is 18.8 Å². The van der Waals surface area contributed by atoms with Gasteiger partial charge in [-0.1, -0.05) is 109 Å². The molecule has 2 unspecified atom stereocenters. The molecule has 2 aliphatic rings. The van der Waals surface area contributed by atoms with E-state index in [1.165, 1.54) is 54.4 Å². The maximum Gasteiger partial charge on any atom is 0.130 e. The van der Waals surface area contributed by atoms with E-state index in [4.69, 9.17) is 4.74 Å². The molecule has 4 heteroatoms. The van der Waals surface area contributed by atoms with Gasteiger partial charge in [0.2, 0.25) is 0 Å². The molecule has 0 spiro atoms. The number of nitrogens with zero attached hydrogens (tertiary/aromatic N) is 3. The zero-order valence-electron chi connectivity index (χ0n) is 30.5. The summed E-state index contributed by atoms with van der Waals surface area (Å²) in [7, 11) is 0. The second-order valence-corrected chi connectivity index (χ2v) is 14.9. The summed E-state index contributed by atoms with van der Waals surface area (Å²) >= 11 is 0. The molecule has 0 saturated carbocycles. The number of benzene rings is 8. The first kappa shape index (κ1) is 31.1. The number of rotatable bonds is 5. The van der Waals surface area contributed by atoms with Gasteiger partial charge in [0, 0.05) is 55.8 Å². The van der Waals surface area contributed by atoms with Gasteiger partial charge in [-0.3, -0.25) is 0 Å². The fourth-order valence-electron chi connectivity index (χ4n) is 9.34. The van der Waals surface area contributed by atoms with Crippen molar-refractivity contribution in [1.82, 2.24) is 9.13 Å². The maximum atomic E-state index is 6.60. The van der Waals surface area contributed by atoms with Crippen LogP contribution in [0.4, 0.5) is 11.4 Å². The number of hydrogen-bond acceptors (Lipinski definition) is 2. The number of para-hydroxylation sites is 4. The Morgan fingerprint density at radius 2 is 1.12 bits per heavy atom. The molecule has 264 valence electrons. The molecule has 0 bridgehead atoms. The minimum Gasteiger partial charge on any atom is -0.485 e. The van der Waals surface area contributed by atoms with Crippen LogP contribution in [0.3, 0.4) is 0 Å². The molecule has 10 aromatic rings. The third-order valence-corrected chi connectivity index (χ3v) is 11.8. The highest BCUT2D eigenvalue weighted by atomic mass is 16.5. The Balaban J connectivity index is 1.07. The summed E-state index contributed by atoms with van der Waals surface area (Å²) in [5, 5.41) is 7.42. The van der Waals surface area contributed by atoms with Crippen molar-refractivity contribution in [2.45, 2.75) is 12.0 Å². The van der Waals surface area contributed by atoms with Crippen molar-refractivity contribution >= 4 is 65.8 Å². The Labute approximate surface area is 324 Å². The lowest BCUT2D eigenvalue weighted by molar-refractivity contribution is 0.267. The lowest BCUT2D eigenvalue weighted by Crippen LogP contribution is -2.24. The fraction of sp³-hybridized carbons (Fsp3) is 0.0385. The zero-order chi connectivity index (χ0) is 36.7. The zero-order valence-corrected chi connectivity index (χ0v) is 30.5. The Bertz CT molecular complexity index is 3240. The second-order valence-electron chi connectivity index (χ2n) is 14.9. The van der Waals surface area contributed by atoms with Crippen LogP contribution >= 0.6 is 0 Å². The molecule has 0 radical (unpaired) electrons. The van der Waals surface area contributed by atoms with E-state index in [-0.39, 0.29) is 12.0 Å². The van der Waals surface area contributed by atoms with Crippen molar-refractivity contribution in [3.05, 3.63) is 211 Å². The SMILES string of the molecule is C1=CC2c3ccccc3OC2C=C1N(c1ccc(-n2c3ccccc3c3cc4ccccc4cc32)cc1)c1cccc2c1c1ccccc1n2-c1ccccc1. The Kier molecular flexibility index (Phi) is 6.72. The lowest BCUT2D eigenvalue weighted by atomic mass is 9.90. The Hall–Kier alpha value is -7.30. The monoisotopic (exact) mass is 717 g/mol. The molecular formula is C52H35N3O. The van der Waals surface area contributed by atoms with Gasteiger partial charge in [0.15, 0.2) is 0 Å². The molecule has 0 saturated heterocycles. The first-order valence-corrected chi connectivity index (χ1v) is 19.3. The van der Waals surface area contributed by atoms with Crippen LogP contribution in [0.5, 0.6) is 5.75 Å². The largest absolute Gasteiger partial charge is 0.485 e. The van der Waals surface area contributed by atoms with Gasteiger partial charge in [0.1, 0.15) is 11.9 Å². The number of anilines is 2. The molecule has 1 aliphatic heterocycles. The summed E-state index contributed by atoms with van der Waals surface area (Å²) in [5.74, 6) is 1.15. The van der Waals surface area contributed by atoms with Gasteiger partial charge in [-0.25, -0.2) is 0 Å². The van der Waals surface area contributed by atoms with Crippen LogP contribution in [0, 0.1) is 0 Å². The number of aromatic nitrogens is 2. The fourth-order valence-corrected chi connectivity index (χ4v) is 9.34. The average molecular weight is 718 g/mol. The molecule has 56 heavy (non-hydrogen) atoms. The van der Waals surface area contributed by atoms with E-state index < -0.39 is 0 Å². The highest BCUT2D eigenvalue weighted by molar-refractivity contribution is 6.16. The molecule has 0 amide bonds. The summed E-state index contributed by atoms with van der Waals surface area (Å²) < 4.78 is 11.4. The van der Waals surface area contributed by atoms with Crippen LogP contribution in [0.2, 0.25) is 0 Å². The van der Waals surface area contributed by atoms with Crippen molar-refractivity contribution in [3.63, 3.8) is 0 Å². The molecule has 2 aromatic heterocycles. The predicted octanol–water partition coefficient (Wildman–Crippen LogP) is 13.2. The Morgan fingerprint density at radius 1 is 0.482 bits per heavy atom. The first-order chi connectivity index (χ1) is 27.8. The summed E-state index contributed by atoms with van der Waals surface area (Å²) in [6, 6.07) is 65.8. The first-order valence-electron chi connectivity index (χ1n) is 19.3. The van der Waals surface area contributed by atoms with E-state index in [9.17, 15) is 0 Å². The third-order valence-electron chi connectivity index (χ3n) is 11.8. The van der Waals surface area contributed by atoms with E-state index in [2.05, 4.69) is 214 Å². The van der Waals surface area contributed by atoms with Gasteiger partial charge in [0.05, 0.1) is 27.8 Å². The Morgan fingerprint density at radius 3 is 1.96 bits per heavy atom. The van der Waals surface area contributed by atoms with Gasteiger partial charge in [-0.2, -0.15) is 0 Å². The van der Waals surface area contributed by atoms with Crippen molar-refractivity contribution < 1.29 is 4.74 Å². The molecule has 0 N–H and O–H groups in total. The average Bonchev–Trinajstić information content (AvgIpc) is 3.91. The van der Waals surface area contributed by atoms with Gasteiger partial charge in [-0.15, -0.1) is 0 Å². The van der Waals surface area contributed by atoms with Crippen LogP contribution in [-0.2, 0) is 0 Å². The highest BCUT2D eigenvalue weighted by Crippen LogP contribution is 2.46. The van der Waals surface area contributed by atoms with E-state index >= 15 is 0 Å². The van der Waals surface area contributed by atoms with Crippen LogP contribution < -0.4 is 9.64 Å². The smallest absolute Gasteiger partial charge is 0.130 e. The van der Waals surface area contributed by atoms with Crippen LogP contribution in [0.1, 0.15) is 11.5 Å². The highest BCUT2D eigenvalue weighted by Gasteiger charge is 2.34. The number of hydrogen-bond donors (Lipinski definition) is 0. The quantitative estimate of drug-likeness (QED) is 0.177. The normalized spacial score (nSPS) is 16.0. The summed E-state index contributed by atoms with van der Waals surface area (Å²) in [6.07, 6.45) is 6.83. The molecule has 2 atom stereocenters. The predicted molar refractivity (Wildman–Crippen MR) is 232 cm³/mol. The third kappa shape index (κ3) is 4.59. The summed E-state index contributed by atoms with van der Waals surface area (Å²) in [5.41, 5.74) is 11.5. The summed E-state index contributed by atoms with van der Waals surface area (Å²) in [6.45, 7) is 0. The maximum absolute atomic E-state index is 6.60. The molecule has 4 nitrogen and oxygen atoms in total. The van der Waals surface area contributed by atoms with E-state index in [1.54, 1.807) is 0 Å². The number of allylic oxidation sites excluding steroid dienone is 1. The standard InChI is InChI=1S/C52H35N3O/c1-2-15-36(16-3-1)54-46-21-10-7-19-43(46)52-47(22-12-23-48(52)54)53(39-29-30-42-41-18-8-11-24-50(41)56-51(42)33-39)37-25-27-38(28-26-37)55-45-20-9-6-17-40(45)44-31-34-13-4-5-14-35(34)32-49(44)55/h1-33,42,51H. The van der Waals surface area contributed by atoms with Crippen molar-refractivity contribution in [2.24, 2.45) is 0 Å². The van der Waals surface area contributed by atoms with E-state index in [0.29, 0.717) is 0 Å².